The van der Waals surface area contributed by atoms with E-state index in [4.69, 9.17) is 4.74 Å². The Bertz CT molecular complexity index is 734. The van der Waals surface area contributed by atoms with Gasteiger partial charge in [-0.15, -0.1) is 0 Å². The highest BCUT2D eigenvalue weighted by atomic mass is 79.9. The van der Waals surface area contributed by atoms with Crippen LogP contribution in [0.1, 0.15) is 15.9 Å². The fourth-order valence-corrected chi connectivity index (χ4v) is 2.42. The molecule has 0 saturated heterocycles. The third-order valence-electron chi connectivity index (χ3n) is 3.08. The van der Waals surface area contributed by atoms with Crippen LogP contribution in [0.15, 0.2) is 41.0 Å². The number of pyridine rings is 1. The lowest BCUT2D eigenvalue weighted by Gasteiger charge is -2.10. The molecule has 0 fully saturated rings. The van der Waals surface area contributed by atoms with Crippen LogP contribution in [0.25, 0.3) is 0 Å². The maximum atomic E-state index is 12.1. The van der Waals surface area contributed by atoms with Crippen LogP contribution >= 0.6 is 15.9 Å². The fourth-order valence-electron chi connectivity index (χ4n) is 1.94. The van der Waals surface area contributed by atoms with E-state index in [1.807, 2.05) is 19.1 Å². The summed E-state index contributed by atoms with van der Waals surface area (Å²) in [6.45, 7) is 1.74. The monoisotopic (exact) mass is 377 g/mol. The predicted octanol–water partition coefficient (Wildman–Crippen LogP) is 2.53. The van der Waals surface area contributed by atoms with E-state index in [0.717, 1.165) is 10.0 Å². The number of hydrogen-bond acceptors (Lipinski definition) is 4. The molecule has 0 aliphatic rings. The number of hydrogen-bond donors (Lipinski definition) is 2. The first kappa shape index (κ1) is 17.0. The van der Waals surface area contributed by atoms with Gasteiger partial charge in [-0.1, -0.05) is 15.9 Å². The van der Waals surface area contributed by atoms with Crippen molar-refractivity contribution in [3.05, 3.63) is 52.1 Å². The van der Waals surface area contributed by atoms with E-state index in [1.54, 1.807) is 18.2 Å². The summed E-state index contributed by atoms with van der Waals surface area (Å²) in [5.41, 5.74) is 1.90. The van der Waals surface area contributed by atoms with Gasteiger partial charge in [-0.2, -0.15) is 0 Å². The molecule has 2 aromatic rings. The molecule has 2 rings (SSSR count). The normalized spacial score (nSPS) is 10.0. The van der Waals surface area contributed by atoms with Crippen molar-refractivity contribution in [2.45, 2.75) is 6.92 Å². The van der Waals surface area contributed by atoms with Crippen LogP contribution in [0.5, 0.6) is 5.88 Å². The molecular formula is C16H16BrN3O3. The SMILES string of the molecule is COc1ncccc1C(=O)NCC(=O)Nc1ccc(Br)cc1C. The number of methoxy groups -OCH3 is 1. The van der Waals surface area contributed by atoms with Gasteiger partial charge in [-0.05, 0) is 42.8 Å². The van der Waals surface area contributed by atoms with Gasteiger partial charge in [-0.25, -0.2) is 4.98 Å². The van der Waals surface area contributed by atoms with Crippen molar-refractivity contribution in [3.63, 3.8) is 0 Å². The molecule has 120 valence electrons. The minimum absolute atomic E-state index is 0.146. The molecule has 1 aromatic carbocycles. The summed E-state index contributed by atoms with van der Waals surface area (Å²) in [4.78, 5) is 28.0. The zero-order chi connectivity index (χ0) is 16.8. The maximum absolute atomic E-state index is 12.1. The van der Waals surface area contributed by atoms with Gasteiger partial charge in [0.05, 0.1) is 13.7 Å². The maximum Gasteiger partial charge on any atom is 0.257 e. The van der Waals surface area contributed by atoms with E-state index < -0.39 is 5.91 Å². The van der Waals surface area contributed by atoms with Gasteiger partial charge in [0.15, 0.2) is 0 Å². The highest BCUT2D eigenvalue weighted by Crippen LogP contribution is 2.19. The van der Waals surface area contributed by atoms with Gasteiger partial charge < -0.3 is 15.4 Å². The van der Waals surface area contributed by atoms with Crippen molar-refractivity contribution >= 4 is 33.4 Å². The summed E-state index contributed by atoms with van der Waals surface area (Å²) in [5.74, 6) is -0.515. The Kier molecular flexibility index (Phi) is 5.70. The molecule has 0 unspecified atom stereocenters. The molecule has 0 aliphatic carbocycles. The van der Waals surface area contributed by atoms with Gasteiger partial charge in [0.25, 0.3) is 5.91 Å². The van der Waals surface area contributed by atoms with Crippen LogP contribution in [-0.4, -0.2) is 30.5 Å². The van der Waals surface area contributed by atoms with Crippen LogP contribution in [0, 0.1) is 6.92 Å². The van der Waals surface area contributed by atoms with Crippen LogP contribution < -0.4 is 15.4 Å². The topological polar surface area (TPSA) is 80.3 Å². The molecule has 0 spiro atoms. The number of halogens is 1. The summed E-state index contributed by atoms with van der Waals surface area (Å²) in [6.07, 6.45) is 1.53. The molecule has 1 aromatic heterocycles. The molecule has 7 heteroatoms. The van der Waals surface area contributed by atoms with Gasteiger partial charge >= 0.3 is 0 Å². The van der Waals surface area contributed by atoms with Crippen molar-refractivity contribution in [3.8, 4) is 5.88 Å². The molecule has 2 amide bonds. The molecule has 2 N–H and O–H groups in total. The first-order valence-corrected chi connectivity index (χ1v) is 7.63. The van der Waals surface area contributed by atoms with Crippen molar-refractivity contribution in [1.82, 2.24) is 10.3 Å². The fraction of sp³-hybridized carbons (Fsp3) is 0.188. The molecule has 23 heavy (non-hydrogen) atoms. The molecule has 0 radical (unpaired) electrons. The van der Waals surface area contributed by atoms with Crippen LogP contribution in [-0.2, 0) is 4.79 Å². The van der Waals surface area contributed by atoms with Crippen LogP contribution in [0.2, 0.25) is 0 Å². The van der Waals surface area contributed by atoms with Crippen molar-refractivity contribution in [2.75, 3.05) is 19.0 Å². The predicted molar refractivity (Wildman–Crippen MR) is 90.6 cm³/mol. The summed E-state index contributed by atoms with van der Waals surface area (Å²) < 4.78 is 5.95. The largest absolute Gasteiger partial charge is 0.480 e. The standard InChI is InChI=1S/C16H16BrN3O3/c1-10-8-11(17)5-6-13(10)20-14(21)9-19-15(22)12-4-3-7-18-16(12)23-2/h3-8H,9H2,1-2H3,(H,19,22)(H,20,21). The molecule has 1 heterocycles. The molecular weight excluding hydrogens is 362 g/mol. The summed E-state index contributed by atoms with van der Waals surface area (Å²) in [6, 6.07) is 8.74. The Morgan fingerprint density at radius 3 is 2.78 bits per heavy atom. The third-order valence-corrected chi connectivity index (χ3v) is 3.57. The van der Waals surface area contributed by atoms with E-state index in [9.17, 15) is 9.59 Å². The van der Waals surface area contributed by atoms with Crippen molar-refractivity contribution in [2.24, 2.45) is 0 Å². The lowest BCUT2D eigenvalue weighted by Crippen LogP contribution is -2.33. The first-order valence-electron chi connectivity index (χ1n) is 6.84. The number of aryl methyl sites for hydroxylation is 1. The second-order valence-corrected chi connectivity index (χ2v) is 5.67. The second kappa shape index (κ2) is 7.73. The summed E-state index contributed by atoms with van der Waals surface area (Å²) >= 11 is 3.36. The van der Waals surface area contributed by atoms with Gasteiger partial charge in [-0.3, -0.25) is 9.59 Å². The number of ether oxygens (including phenoxy) is 1. The van der Waals surface area contributed by atoms with Crippen molar-refractivity contribution < 1.29 is 14.3 Å². The molecule has 0 aliphatic heterocycles. The van der Waals surface area contributed by atoms with Gasteiger partial charge in [0.2, 0.25) is 11.8 Å². The van der Waals surface area contributed by atoms with Gasteiger partial charge in [0.1, 0.15) is 5.56 Å². The molecule has 0 bridgehead atoms. The van der Waals surface area contributed by atoms with Crippen molar-refractivity contribution in [1.29, 1.82) is 0 Å². The number of aromatic nitrogens is 1. The zero-order valence-electron chi connectivity index (χ0n) is 12.7. The number of amides is 2. The Morgan fingerprint density at radius 1 is 1.30 bits per heavy atom. The Hall–Kier alpha value is -2.41. The van der Waals surface area contributed by atoms with E-state index >= 15 is 0 Å². The van der Waals surface area contributed by atoms with E-state index in [-0.39, 0.29) is 23.9 Å². The average Bonchev–Trinajstić information content (AvgIpc) is 2.55. The number of nitrogens with zero attached hydrogens (tertiary/aromatic N) is 1. The summed E-state index contributed by atoms with van der Waals surface area (Å²) in [5, 5.41) is 5.30. The number of anilines is 1. The highest BCUT2D eigenvalue weighted by Gasteiger charge is 2.14. The molecule has 6 nitrogen and oxygen atoms in total. The number of nitrogens with one attached hydrogen (secondary N) is 2. The van der Waals surface area contributed by atoms with E-state index in [1.165, 1.54) is 13.3 Å². The average molecular weight is 378 g/mol. The molecule has 0 atom stereocenters. The van der Waals surface area contributed by atoms with Gasteiger partial charge in [0, 0.05) is 16.4 Å². The highest BCUT2D eigenvalue weighted by molar-refractivity contribution is 9.10. The quantitative estimate of drug-likeness (QED) is 0.838. The minimum Gasteiger partial charge on any atom is -0.480 e. The van der Waals surface area contributed by atoms with E-state index in [0.29, 0.717) is 5.69 Å². The number of benzene rings is 1. The number of carbonyl (C=O) groups is 2. The number of carbonyl (C=O) groups excluding carboxylic acids is 2. The Morgan fingerprint density at radius 2 is 2.09 bits per heavy atom. The van der Waals surface area contributed by atoms with E-state index in [2.05, 4.69) is 31.5 Å². The lowest BCUT2D eigenvalue weighted by molar-refractivity contribution is -0.115. The van der Waals surface area contributed by atoms with Crippen LogP contribution in [0.3, 0.4) is 0 Å². The lowest BCUT2D eigenvalue weighted by atomic mass is 10.2. The van der Waals surface area contributed by atoms with Crippen LogP contribution in [0.4, 0.5) is 5.69 Å². The third kappa shape index (κ3) is 4.53. The Labute approximate surface area is 142 Å². The molecule has 0 saturated carbocycles. The second-order valence-electron chi connectivity index (χ2n) is 4.75. The first-order chi connectivity index (χ1) is 11.0. The Balaban J connectivity index is 1.95. The zero-order valence-corrected chi connectivity index (χ0v) is 14.3. The summed E-state index contributed by atoms with van der Waals surface area (Å²) in [7, 11) is 1.43. The minimum atomic E-state index is -0.419. The number of rotatable bonds is 5. The smallest absolute Gasteiger partial charge is 0.257 e.